The van der Waals surface area contributed by atoms with Gasteiger partial charge in [-0.2, -0.15) is 0 Å². The van der Waals surface area contributed by atoms with Crippen LogP contribution in [-0.2, 0) is 4.74 Å². The Balaban J connectivity index is 1.62. The molecule has 0 bridgehead atoms. The van der Waals surface area contributed by atoms with Crippen molar-refractivity contribution < 1.29 is 4.74 Å². The van der Waals surface area contributed by atoms with Crippen LogP contribution in [0.4, 0.5) is 0 Å². The molecule has 0 atom stereocenters. The van der Waals surface area contributed by atoms with Crippen LogP contribution in [0.1, 0.15) is 32.1 Å². The normalized spacial score (nSPS) is 40.5. The van der Waals surface area contributed by atoms with E-state index in [9.17, 15) is 0 Å². The maximum Gasteiger partial charge on any atom is 0.0607 e. The van der Waals surface area contributed by atoms with Gasteiger partial charge in [0.1, 0.15) is 0 Å². The van der Waals surface area contributed by atoms with Gasteiger partial charge in [0.25, 0.3) is 0 Å². The summed E-state index contributed by atoms with van der Waals surface area (Å²) < 4.78 is 5.71. The molecule has 2 aliphatic rings. The van der Waals surface area contributed by atoms with E-state index in [0.717, 1.165) is 12.8 Å². The molecule has 2 fully saturated rings. The summed E-state index contributed by atoms with van der Waals surface area (Å²) in [7, 11) is 0. The molecule has 2 rings (SSSR count). The lowest BCUT2D eigenvalue weighted by Crippen LogP contribution is -2.37. The zero-order chi connectivity index (χ0) is 6.97. The van der Waals surface area contributed by atoms with Crippen LogP contribution in [0.5, 0.6) is 0 Å². The van der Waals surface area contributed by atoms with Gasteiger partial charge in [0, 0.05) is 5.38 Å². The Hall–Kier alpha value is 0.250. The van der Waals surface area contributed by atoms with Crippen molar-refractivity contribution in [1.29, 1.82) is 0 Å². The first-order valence-electron chi connectivity index (χ1n) is 4.14. The molecule has 0 heterocycles. The van der Waals surface area contributed by atoms with Crippen LogP contribution in [0, 0.1) is 0 Å². The standard InChI is InChI=1S/C8H13ClO/c9-6-4-8(5-6)10-7-2-1-3-7/h6-8H,1-5H2. The van der Waals surface area contributed by atoms with E-state index in [1.165, 1.54) is 19.3 Å². The molecule has 58 valence electrons. The van der Waals surface area contributed by atoms with E-state index in [0.29, 0.717) is 17.6 Å². The SMILES string of the molecule is ClC1CC(OC2CCC2)C1. The molecule has 1 nitrogen and oxygen atoms in total. The summed E-state index contributed by atoms with van der Waals surface area (Å²) >= 11 is 5.81. The van der Waals surface area contributed by atoms with Crippen LogP contribution in [0.25, 0.3) is 0 Å². The third kappa shape index (κ3) is 1.30. The van der Waals surface area contributed by atoms with Crippen LogP contribution < -0.4 is 0 Å². The molecule has 2 heteroatoms. The second-order valence-electron chi connectivity index (χ2n) is 3.38. The van der Waals surface area contributed by atoms with E-state index >= 15 is 0 Å². The number of halogens is 1. The van der Waals surface area contributed by atoms with Gasteiger partial charge < -0.3 is 4.74 Å². The van der Waals surface area contributed by atoms with Crippen molar-refractivity contribution in [3.8, 4) is 0 Å². The predicted molar refractivity (Wildman–Crippen MR) is 41.4 cm³/mol. The van der Waals surface area contributed by atoms with Gasteiger partial charge in [-0.1, -0.05) is 0 Å². The highest BCUT2D eigenvalue weighted by Gasteiger charge is 2.31. The van der Waals surface area contributed by atoms with Gasteiger partial charge in [-0.05, 0) is 32.1 Å². The van der Waals surface area contributed by atoms with Gasteiger partial charge in [0.15, 0.2) is 0 Å². The van der Waals surface area contributed by atoms with Crippen LogP contribution in [-0.4, -0.2) is 17.6 Å². The first-order valence-corrected chi connectivity index (χ1v) is 4.58. The lowest BCUT2D eigenvalue weighted by atomic mass is 9.92. The van der Waals surface area contributed by atoms with Crippen LogP contribution in [0.2, 0.25) is 0 Å². The first kappa shape index (κ1) is 6.93. The molecule has 10 heavy (non-hydrogen) atoms. The highest BCUT2D eigenvalue weighted by molar-refractivity contribution is 6.21. The van der Waals surface area contributed by atoms with Crippen molar-refractivity contribution in [2.45, 2.75) is 49.7 Å². The van der Waals surface area contributed by atoms with E-state index in [1.807, 2.05) is 0 Å². The van der Waals surface area contributed by atoms with E-state index in [1.54, 1.807) is 0 Å². The minimum absolute atomic E-state index is 0.407. The second-order valence-corrected chi connectivity index (χ2v) is 4.00. The third-order valence-corrected chi connectivity index (χ3v) is 2.83. The zero-order valence-electron chi connectivity index (χ0n) is 6.05. The van der Waals surface area contributed by atoms with Crippen molar-refractivity contribution in [3.63, 3.8) is 0 Å². The predicted octanol–water partition coefficient (Wildman–Crippen LogP) is 2.33. The van der Waals surface area contributed by atoms with Gasteiger partial charge in [-0.3, -0.25) is 0 Å². The van der Waals surface area contributed by atoms with Gasteiger partial charge >= 0.3 is 0 Å². The van der Waals surface area contributed by atoms with E-state index in [-0.39, 0.29) is 0 Å². The fourth-order valence-electron chi connectivity index (χ4n) is 1.39. The first-order chi connectivity index (χ1) is 4.84. The summed E-state index contributed by atoms with van der Waals surface area (Å²) in [6, 6.07) is 0. The molecule has 0 aromatic heterocycles. The van der Waals surface area contributed by atoms with Crippen LogP contribution in [0.15, 0.2) is 0 Å². The number of hydrogen-bond donors (Lipinski definition) is 0. The summed E-state index contributed by atoms with van der Waals surface area (Å²) in [5, 5.41) is 0.407. The molecular formula is C8H13ClO. The Bertz CT molecular complexity index is 116. The van der Waals surface area contributed by atoms with Crippen molar-refractivity contribution in [1.82, 2.24) is 0 Å². The number of rotatable bonds is 2. The Kier molecular flexibility index (Phi) is 1.88. The molecule has 0 aliphatic heterocycles. The molecule has 0 N–H and O–H groups in total. The lowest BCUT2D eigenvalue weighted by Gasteiger charge is -2.37. The van der Waals surface area contributed by atoms with Crippen molar-refractivity contribution in [2.75, 3.05) is 0 Å². The number of hydrogen-bond acceptors (Lipinski definition) is 1. The largest absolute Gasteiger partial charge is 0.375 e. The topological polar surface area (TPSA) is 9.23 Å². The minimum Gasteiger partial charge on any atom is -0.375 e. The zero-order valence-corrected chi connectivity index (χ0v) is 6.81. The average Bonchev–Trinajstić information content (AvgIpc) is 1.72. The minimum atomic E-state index is 0.407. The Morgan fingerprint density at radius 2 is 1.80 bits per heavy atom. The van der Waals surface area contributed by atoms with E-state index in [4.69, 9.17) is 16.3 Å². The Labute approximate surface area is 66.7 Å². The molecule has 0 spiro atoms. The molecule has 0 amide bonds. The Morgan fingerprint density at radius 3 is 2.20 bits per heavy atom. The Morgan fingerprint density at radius 1 is 1.10 bits per heavy atom. The number of ether oxygens (including phenoxy) is 1. The molecule has 2 saturated carbocycles. The lowest BCUT2D eigenvalue weighted by molar-refractivity contribution is -0.0807. The third-order valence-electron chi connectivity index (χ3n) is 2.47. The van der Waals surface area contributed by atoms with Crippen molar-refractivity contribution >= 4 is 11.6 Å². The molecule has 2 aliphatic carbocycles. The molecule has 0 radical (unpaired) electrons. The second kappa shape index (κ2) is 2.71. The van der Waals surface area contributed by atoms with Crippen LogP contribution >= 0.6 is 11.6 Å². The summed E-state index contributed by atoms with van der Waals surface area (Å²) in [4.78, 5) is 0. The molecule has 0 unspecified atom stereocenters. The van der Waals surface area contributed by atoms with Gasteiger partial charge in [-0.25, -0.2) is 0 Å². The van der Waals surface area contributed by atoms with Gasteiger partial charge in [-0.15, -0.1) is 11.6 Å². The fraction of sp³-hybridized carbons (Fsp3) is 1.00. The highest BCUT2D eigenvalue weighted by atomic mass is 35.5. The molecular weight excluding hydrogens is 148 g/mol. The maximum atomic E-state index is 5.81. The summed E-state index contributed by atoms with van der Waals surface area (Å²) in [6.07, 6.45) is 7.19. The van der Waals surface area contributed by atoms with E-state index < -0.39 is 0 Å². The van der Waals surface area contributed by atoms with Gasteiger partial charge in [0.2, 0.25) is 0 Å². The summed E-state index contributed by atoms with van der Waals surface area (Å²) in [6.45, 7) is 0. The monoisotopic (exact) mass is 160 g/mol. The van der Waals surface area contributed by atoms with Crippen molar-refractivity contribution in [2.24, 2.45) is 0 Å². The summed E-state index contributed by atoms with van der Waals surface area (Å²) in [5.41, 5.74) is 0. The van der Waals surface area contributed by atoms with Gasteiger partial charge in [0.05, 0.1) is 12.2 Å². The average molecular weight is 161 g/mol. The molecule has 0 saturated heterocycles. The molecule has 0 aromatic rings. The van der Waals surface area contributed by atoms with E-state index in [2.05, 4.69) is 0 Å². The van der Waals surface area contributed by atoms with Crippen LogP contribution in [0.3, 0.4) is 0 Å². The smallest absolute Gasteiger partial charge is 0.0607 e. The maximum absolute atomic E-state index is 5.81. The molecule has 0 aromatic carbocycles. The summed E-state index contributed by atoms with van der Waals surface area (Å²) in [5.74, 6) is 0. The fourth-order valence-corrected chi connectivity index (χ4v) is 1.79. The quantitative estimate of drug-likeness (QED) is 0.564. The number of alkyl halides is 1. The van der Waals surface area contributed by atoms with Crippen molar-refractivity contribution in [3.05, 3.63) is 0 Å². The highest BCUT2D eigenvalue weighted by Crippen LogP contribution is 2.33.